The van der Waals surface area contributed by atoms with E-state index in [1.807, 2.05) is 0 Å². The summed E-state index contributed by atoms with van der Waals surface area (Å²) in [6, 6.07) is 9.69. The van der Waals surface area contributed by atoms with E-state index in [1.165, 1.54) is 22.3 Å². The molecular weight excluding hydrogens is 468 g/mol. The Balaban J connectivity index is 3.08. The molecule has 0 amide bonds. The predicted molar refractivity (Wildman–Crippen MR) is 177 cm³/mol. The van der Waals surface area contributed by atoms with Gasteiger partial charge in [0.05, 0.1) is 0 Å². The molecule has 1 atom stereocenters. The van der Waals surface area contributed by atoms with Crippen molar-refractivity contribution in [2.45, 2.75) is 176 Å². The van der Waals surface area contributed by atoms with Crippen LogP contribution >= 0.6 is 0 Å². The van der Waals surface area contributed by atoms with Gasteiger partial charge in [-0.05, 0) is 89.3 Å². The Labute approximate surface area is 244 Å². The van der Waals surface area contributed by atoms with Crippen LogP contribution in [0, 0.1) is 0 Å². The Morgan fingerprint density at radius 2 is 0.872 bits per heavy atom. The minimum atomic E-state index is 0.0353. The summed E-state index contributed by atoms with van der Waals surface area (Å²) in [4.78, 5) is 0. The van der Waals surface area contributed by atoms with E-state index in [9.17, 15) is 0 Å². The lowest BCUT2D eigenvalue weighted by Crippen LogP contribution is -2.33. The molecule has 1 unspecified atom stereocenters. The van der Waals surface area contributed by atoms with Gasteiger partial charge in [0.25, 0.3) is 0 Å². The van der Waals surface area contributed by atoms with E-state index < -0.39 is 0 Å². The lowest BCUT2D eigenvalue weighted by molar-refractivity contribution is 0.477. The van der Waals surface area contributed by atoms with Crippen molar-refractivity contribution in [1.82, 2.24) is 0 Å². The van der Waals surface area contributed by atoms with Gasteiger partial charge in [-0.2, -0.15) is 0 Å². The number of benzene rings is 2. The van der Waals surface area contributed by atoms with E-state index in [0.717, 1.165) is 6.42 Å². The summed E-state index contributed by atoms with van der Waals surface area (Å²) in [5.74, 6) is 0.403. The molecule has 2 rings (SSSR count). The van der Waals surface area contributed by atoms with Gasteiger partial charge in [0.15, 0.2) is 0 Å². The summed E-state index contributed by atoms with van der Waals surface area (Å²) in [5.41, 5.74) is 12.8. The van der Waals surface area contributed by atoms with Crippen LogP contribution in [0.2, 0.25) is 0 Å². The first-order valence-corrected chi connectivity index (χ1v) is 15.4. The maximum Gasteiger partial charge on any atom is -0.0126 e. The number of hydrogen-bond donors (Lipinski definition) is 0. The SMILES string of the molecule is CC(Cc1cccc(C(C)(C)C)c1C(C)(C)C)c1c(C(C)(C)C)cc(C(C)(C)C)c(C(C)(C)C)c1C(C)(C)C. The van der Waals surface area contributed by atoms with E-state index >= 15 is 0 Å². The van der Waals surface area contributed by atoms with Crippen LogP contribution < -0.4 is 0 Å². The van der Waals surface area contributed by atoms with Gasteiger partial charge in [-0.1, -0.05) is 156 Å². The second-order valence-corrected chi connectivity index (χ2v) is 18.6. The molecule has 0 heteroatoms. The summed E-state index contributed by atoms with van der Waals surface area (Å²) in [5, 5.41) is 0. The molecule has 0 N–H and O–H groups in total. The highest BCUT2D eigenvalue weighted by atomic mass is 14.4. The topological polar surface area (TPSA) is 0 Å². The summed E-state index contributed by atoms with van der Waals surface area (Å²) < 4.78 is 0. The van der Waals surface area contributed by atoms with Crippen LogP contribution in [0.5, 0.6) is 0 Å². The maximum absolute atomic E-state index is 2.61. The van der Waals surface area contributed by atoms with Crippen molar-refractivity contribution in [3.05, 3.63) is 68.8 Å². The molecule has 2 aromatic rings. The Morgan fingerprint density at radius 3 is 1.23 bits per heavy atom. The molecule has 0 nitrogen and oxygen atoms in total. The molecule has 0 aromatic heterocycles. The van der Waals surface area contributed by atoms with Crippen molar-refractivity contribution in [1.29, 1.82) is 0 Å². The van der Waals surface area contributed by atoms with Crippen LogP contribution in [-0.2, 0) is 38.9 Å². The highest BCUT2D eigenvalue weighted by molar-refractivity contribution is 5.57. The van der Waals surface area contributed by atoms with E-state index in [-0.39, 0.29) is 32.5 Å². The van der Waals surface area contributed by atoms with Crippen molar-refractivity contribution < 1.29 is 0 Å². The van der Waals surface area contributed by atoms with Crippen molar-refractivity contribution in [3.63, 3.8) is 0 Å². The van der Waals surface area contributed by atoms with Gasteiger partial charge in [-0.3, -0.25) is 0 Å². The zero-order valence-electron chi connectivity index (χ0n) is 29.6. The van der Waals surface area contributed by atoms with Crippen LogP contribution in [0.1, 0.15) is 182 Å². The van der Waals surface area contributed by atoms with Crippen LogP contribution in [0.15, 0.2) is 24.3 Å². The highest BCUT2D eigenvalue weighted by Crippen LogP contribution is 2.49. The normalized spacial score (nSPS) is 15.1. The molecule has 0 fully saturated rings. The van der Waals surface area contributed by atoms with E-state index in [1.54, 1.807) is 22.3 Å². The monoisotopic (exact) mass is 533 g/mol. The number of rotatable bonds is 3. The van der Waals surface area contributed by atoms with Gasteiger partial charge in [-0.25, -0.2) is 0 Å². The third kappa shape index (κ3) is 7.40. The lowest BCUT2D eigenvalue weighted by atomic mass is 9.62. The minimum Gasteiger partial charge on any atom is -0.0617 e. The second kappa shape index (κ2) is 10.4. The van der Waals surface area contributed by atoms with Crippen LogP contribution in [0.4, 0.5) is 0 Å². The summed E-state index contributed by atoms with van der Waals surface area (Å²) in [7, 11) is 0. The van der Waals surface area contributed by atoms with Gasteiger partial charge in [0, 0.05) is 0 Å². The third-order valence-corrected chi connectivity index (χ3v) is 8.21. The molecule has 0 saturated heterocycles. The summed E-state index contributed by atoms with van der Waals surface area (Å²) >= 11 is 0. The third-order valence-electron chi connectivity index (χ3n) is 8.21. The van der Waals surface area contributed by atoms with E-state index in [0.29, 0.717) is 5.92 Å². The Hall–Kier alpha value is -1.56. The minimum absolute atomic E-state index is 0.0353. The molecule has 0 heterocycles. The fourth-order valence-corrected chi connectivity index (χ4v) is 6.69. The average Bonchev–Trinajstić information content (AvgIpc) is 2.67. The fraction of sp³-hybridized carbons (Fsp3) is 0.692. The van der Waals surface area contributed by atoms with E-state index in [4.69, 9.17) is 0 Å². The molecule has 220 valence electrons. The largest absolute Gasteiger partial charge is 0.0617 e. The van der Waals surface area contributed by atoms with Gasteiger partial charge in [0.1, 0.15) is 0 Å². The Kier molecular flexibility index (Phi) is 8.94. The molecule has 39 heavy (non-hydrogen) atoms. The molecule has 2 aromatic carbocycles. The molecule has 0 bridgehead atoms. The van der Waals surface area contributed by atoms with Gasteiger partial charge < -0.3 is 0 Å². The van der Waals surface area contributed by atoms with Crippen LogP contribution in [0.25, 0.3) is 0 Å². The average molecular weight is 533 g/mol. The van der Waals surface area contributed by atoms with E-state index in [2.05, 4.69) is 156 Å². The Morgan fingerprint density at radius 1 is 0.462 bits per heavy atom. The van der Waals surface area contributed by atoms with Crippen molar-refractivity contribution in [3.8, 4) is 0 Å². The fourth-order valence-electron chi connectivity index (χ4n) is 6.69. The number of hydrogen-bond acceptors (Lipinski definition) is 0. The first-order chi connectivity index (χ1) is 17.1. The maximum atomic E-state index is 2.61. The van der Waals surface area contributed by atoms with Crippen molar-refractivity contribution >= 4 is 0 Å². The lowest BCUT2D eigenvalue weighted by Gasteiger charge is -2.42. The van der Waals surface area contributed by atoms with Gasteiger partial charge in [0.2, 0.25) is 0 Å². The van der Waals surface area contributed by atoms with Gasteiger partial charge >= 0.3 is 0 Å². The summed E-state index contributed by atoms with van der Waals surface area (Å²) in [6.07, 6.45) is 1.06. The second-order valence-electron chi connectivity index (χ2n) is 18.6. The highest BCUT2D eigenvalue weighted by Gasteiger charge is 2.38. The molecule has 0 aliphatic carbocycles. The smallest absolute Gasteiger partial charge is 0.0126 e. The first-order valence-electron chi connectivity index (χ1n) is 15.4. The first kappa shape index (κ1) is 33.6. The Bertz CT molecular complexity index is 1160. The standard InChI is InChI=1S/C39H64/c1-25(23-26-21-20-22-27(34(2,3)4)31(26)37(11,12)13)30-28(35(5,6)7)24-29(36(8,9)10)32(38(14,15)16)33(30)39(17,18)19/h20-22,24-25H,23H2,1-19H3. The molecule has 0 aliphatic heterocycles. The zero-order valence-corrected chi connectivity index (χ0v) is 29.6. The van der Waals surface area contributed by atoms with Crippen LogP contribution in [0.3, 0.4) is 0 Å². The molecule has 0 aliphatic rings. The molecule has 0 saturated carbocycles. The van der Waals surface area contributed by atoms with Crippen molar-refractivity contribution in [2.75, 3.05) is 0 Å². The van der Waals surface area contributed by atoms with Crippen LogP contribution in [-0.4, -0.2) is 0 Å². The zero-order chi connectivity index (χ0) is 30.7. The summed E-state index contributed by atoms with van der Waals surface area (Å²) in [6.45, 7) is 45.8. The van der Waals surface area contributed by atoms with Gasteiger partial charge in [-0.15, -0.1) is 0 Å². The molecule has 0 radical (unpaired) electrons. The quantitative estimate of drug-likeness (QED) is 0.369. The molecular formula is C39H64. The predicted octanol–water partition coefficient (Wildman–Crippen LogP) is 11.8. The molecule has 0 spiro atoms. The van der Waals surface area contributed by atoms with Crippen molar-refractivity contribution in [2.24, 2.45) is 0 Å².